The van der Waals surface area contributed by atoms with Gasteiger partial charge in [-0.2, -0.15) is 0 Å². The van der Waals surface area contributed by atoms with Gasteiger partial charge >= 0.3 is 0 Å². The Bertz CT molecular complexity index is 635. The standard InChI is InChI=1S/C12H12ClN5O/c1-6-8(4-5-9(13)14-6)15-12(19)11-16-10(17-18-11)7-2-3-7/h4-5,7H,2-3H2,1H3,(H,15,19)(H,16,17,18). The van der Waals surface area contributed by atoms with E-state index in [0.717, 1.165) is 18.7 Å². The minimum atomic E-state index is -0.352. The van der Waals surface area contributed by atoms with E-state index in [1.807, 2.05) is 0 Å². The lowest BCUT2D eigenvalue weighted by molar-refractivity contribution is 0.101. The average molecular weight is 278 g/mol. The van der Waals surface area contributed by atoms with Gasteiger partial charge in [0.2, 0.25) is 5.82 Å². The quantitative estimate of drug-likeness (QED) is 0.843. The van der Waals surface area contributed by atoms with Crippen molar-refractivity contribution in [3.05, 3.63) is 34.6 Å². The maximum absolute atomic E-state index is 12.0. The molecule has 0 atom stereocenters. The molecule has 1 saturated carbocycles. The molecule has 0 aliphatic heterocycles. The summed E-state index contributed by atoms with van der Waals surface area (Å²) in [6.07, 6.45) is 2.22. The summed E-state index contributed by atoms with van der Waals surface area (Å²) in [4.78, 5) is 20.2. The van der Waals surface area contributed by atoms with Crippen LogP contribution in [-0.2, 0) is 0 Å². The zero-order chi connectivity index (χ0) is 13.4. The first-order chi connectivity index (χ1) is 9.13. The Morgan fingerprint density at radius 1 is 1.42 bits per heavy atom. The van der Waals surface area contributed by atoms with Crippen molar-refractivity contribution in [1.29, 1.82) is 0 Å². The summed E-state index contributed by atoms with van der Waals surface area (Å²) in [7, 11) is 0. The third-order valence-electron chi connectivity index (χ3n) is 2.97. The summed E-state index contributed by atoms with van der Waals surface area (Å²) < 4.78 is 0. The minimum absolute atomic E-state index is 0.149. The molecule has 2 aromatic rings. The lowest BCUT2D eigenvalue weighted by Crippen LogP contribution is -2.15. The molecule has 0 spiro atoms. The Morgan fingerprint density at radius 2 is 2.21 bits per heavy atom. The molecule has 0 unspecified atom stereocenters. The van der Waals surface area contributed by atoms with Crippen LogP contribution in [0.25, 0.3) is 0 Å². The molecule has 0 saturated heterocycles. The molecular formula is C12H12ClN5O. The normalized spacial score (nSPS) is 14.4. The smallest absolute Gasteiger partial charge is 0.295 e. The Hall–Kier alpha value is -1.95. The van der Waals surface area contributed by atoms with E-state index >= 15 is 0 Å². The number of hydrogen-bond acceptors (Lipinski definition) is 4. The fraction of sp³-hybridized carbons (Fsp3) is 0.333. The predicted octanol–water partition coefficient (Wildman–Crippen LogP) is 2.29. The van der Waals surface area contributed by atoms with Gasteiger partial charge in [0.05, 0.1) is 11.4 Å². The van der Waals surface area contributed by atoms with E-state index in [2.05, 4.69) is 25.5 Å². The molecule has 1 amide bonds. The number of rotatable bonds is 3. The van der Waals surface area contributed by atoms with Crippen molar-refractivity contribution in [3.63, 3.8) is 0 Å². The summed E-state index contributed by atoms with van der Waals surface area (Å²) >= 11 is 5.76. The van der Waals surface area contributed by atoms with E-state index in [9.17, 15) is 4.79 Å². The first-order valence-electron chi connectivity index (χ1n) is 6.00. The molecule has 2 N–H and O–H groups in total. The van der Waals surface area contributed by atoms with Gasteiger partial charge in [0.15, 0.2) is 0 Å². The first kappa shape index (κ1) is 12.1. The molecule has 2 aromatic heterocycles. The minimum Gasteiger partial charge on any atom is -0.318 e. The largest absolute Gasteiger partial charge is 0.318 e. The number of aryl methyl sites for hydroxylation is 1. The lowest BCUT2D eigenvalue weighted by Gasteiger charge is -2.05. The number of nitrogens with one attached hydrogen (secondary N) is 2. The van der Waals surface area contributed by atoms with Crippen LogP contribution in [0.1, 0.15) is 40.9 Å². The number of hydrogen-bond donors (Lipinski definition) is 2. The number of halogens is 1. The molecule has 1 aliphatic rings. The van der Waals surface area contributed by atoms with Crippen LogP contribution in [0, 0.1) is 6.92 Å². The van der Waals surface area contributed by atoms with Gasteiger partial charge in [-0.1, -0.05) is 11.6 Å². The third kappa shape index (κ3) is 2.58. The van der Waals surface area contributed by atoms with Crippen LogP contribution >= 0.6 is 11.6 Å². The van der Waals surface area contributed by atoms with Crippen molar-refractivity contribution in [2.45, 2.75) is 25.7 Å². The van der Waals surface area contributed by atoms with Crippen LogP contribution in [0.3, 0.4) is 0 Å². The fourth-order valence-corrected chi connectivity index (χ4v) is 1.95. The average Bonchev–Trinajstić information content (AvgIpc) is 3.10. The molecular weight excluding hydrogens is 266 g/mol. The summed E-state index contributed by atoms with van der Waals surface area (Å²) in [6, 6.07) is 3.33. The van der Waals surface area contributed by atoms with Crippen LogP contribution in [-0.4, -0.2) is 26.1 Å². The molecule has 2 heterocycles. The highest BCUT2D eigenvalue weighted by Crippen LogP contribution is 2.37. The van der Waals surface area contributed by atoms with Gasteiger partial charge in [-0.3, -0.25) is 9.89 Å². The summed E-state index contributed by atoms with van der Waals surface area (Å²) in [5, 5.41) is 9.84. The van der Waals surface area contributed by atoms with Crippen LogP contribution in [0.2, 0.25) is 5.15 Å². The van der Waals surface area contributed by atoms with Crippen molar-refractivity contribution < 1.29 is 4.79 Å². The van der Waals surface area contributed by atoms with Gasteiger partial charge in [-0.05, 0) is 31.9 Å². The molecule has 19 heavy (non-hydrogen) atoms. The predicted molar refractivity (Wildman–Crippen MR) is 70.3 cm³/mol. The molecule has 3 rings (SSSR count). The van der Waals surface area contributed by atoms with Crippen molar-refractivity contribution in [1.82, 2.24) is 20.2 Å². The second-order valence-electron chi connectivity index (χ2n) is 4.54. The number of pyridine rings is 1. The van der Waals surface area contributed by atoms with E-state index in [1.54, 1.807) is 19.1 Å². The number of amides is 1. The van der Waals surface area contributed by atoms with E-state index in [4.69, 9.17) is 11.6 Å². The Kier molecular flexibility index (Phi) is 2.94. The molecule has 6 nitrogen and oxygen atoms in total. The number of aromatic nitrogens is 4. The van der Waals surface area contributed by atoms with Gasteiger partial charge in [0.25, 0.3) is 5.91 Å². The van der Waals surface area contributed by atoms with Crippen molar-refractivity contribution >= 4 is 23.2 Å². The van der Waals surface area contributed by atoms with Crippen LogP contribution in [0.5, 0.6) is 0 Å². The van der Waals surface area contributed by atoms with Crippen LogP contribution < -0.4 is 5.32 Å². The van der Waals surface area contributed by atoms with Crippen LogP contribution in [0.4, 0.5) is 5.69 Å². The summed E-state index contributed by atoms with van der Waals surface area (Å²) in [6.45, 7) is 1.77. The molecule has 98 valence electrons. The van der Waals surface area contributed by atoms with E-state index < -0.39 is 0 Å². The molecule has 1 aliphatic carbocycles. The topological polar surface area (TPSA) is 83.6 Å². The Balaban J connectivity index is 1.76. The van der Waals surface area contributed by atoms with Crippen molar-refractivity contribution in [2.24, 2.45) is 0 Å². The van der Waals surface area contributed by atoms with Gasteiger partial charge < -0.3 is 5.32 Å². The van der Waals surface area contributed by atoms with Gasteiger partial charge in [-0.15, -0.1) is 5.10 Å². The molecule has 7 heteroatoms. The number of nitrogens with zero attached hydrogens (tertiary/aromatic N) is 3. The SMILES string of the molecule is Cc1nc(Cl)ccc1NC(=O)c1n[nH]c(C2CC2)n1. The first-order valence-corrected chi connectivity index (χ1v) is 6.38. The van der Waals surface area contributed by atoms with Gasteiger partial charge in [0.1, 0.15) is 11.0 Å². The molecule has 0 bridgehead atoms. The fourth-order valence-electron chi connectivity index (χ4n) is 1.76. The number of H-pyrrole nitrogens is 1. The van der Waals surface area contributed by atoms with Crippen molar-refractivity contribution in [3.8, 4) is 0 Å². The number of aromatic amines is 1. The highest BCUT2D eigenvalue weighted by molar-refractivity contribution is 6.29. The highest BCUT2D eigenvalue weighted by Gasteiger charge is 2.28. The molecule has 0 radical (unpaired) electrons. The lowest BCUT2D eigenvalue weighted by atomic mass is 10.3. The van der Waals surface area contributed by atoms with Crippen molar-refractivity contribution in [2.75, 3.05) is 5.32 Å². The second kappa shape index (κ2) is 4.62. The zero-order valence-corrected chi connectivity index (χ0v) is 11.0. The maximum Gasteiger partial charge on any atom is 0.295 e. The Morgan fingerprint density at radius 3 is 2.89 bits per heavy atom. The summed E-state index contributed by atoms with van der Waals surface area (Å²) in [5.41, 5.74) is 1.26. The highest BCUT2D eigenvalue weighted by atomic mass is 35.5. The van der Waals surface area contributed by atoms with Gasteiger partial charge in [-0.25, -0.2) is 9.97 Å². The maximum atomic E-state index is 12.0. The van der Waals surface area contributed by atoms with E-state index in [0.29, 0.717) is 22.5 Å². The molecule has 0 aromatic carbocycles. The number of anilines is 1. The van der Waals surface area contributed by atoms with Crippen LogP contribution in [0.15, 0.2) is 12.1 Å². The third-order valence-corrected chi connectivity index (χ3v) is 3.18. The van der Waals surface area contributed by atoms with E-state index in [-0.39, 0.29) is 11.7 Å². The summed E-state index contributed by atoms with van der Waals surface area (Å²) in [5.74, 6) is 1.02. The molecule has 1 fully saturated rings. The van der Waals surface area contributed by atoms with Gasteiger partial charge in [0, 0.05) is 5.92 Å². The monoisotopic (exact) mass is 277 g/mol. The second-order valence-corrected chi connectivity index (χ2v) is 4.93. The number of carbonyl (C=O) groups is 1. The number of carbonyl (C=O) groups excluding carboxylic acids is 1. The Labute approximate surface area is 114 Å². The van der Waals surface area contributed by atoms with E-state index in [1.165, 1.54) is 0 Å². The zero-order valence-electron chi connectivity index (χ0n) is 10.3.